The Kier molecular flexibility index (Phi) is 4.71. The van der Waals surface area contributed by atoms with Gasteiger partial charge in [0.25, 0.3) is 5.91 Å². The summed E-state index contributed by atoms with van der Waals surface area (Å²) >= 11 is 1.57. The lowest BCUT2D eigenvalue weighted by Gasteiger charge is -2.07. The Hall–Kier alpha value is -3.39. The normalized spacial score (nSPS) is 10.7. The van der Waals surface area contributed by atoms with E-state index in [0.29, 0.717) is 17.1 Å². The Bertz CT molecular complexity index is 1060. The van der Waals surface area contributed by atoms with Crippen molar-refractivity contribution in [1.29, 1.82) is 0 Å². The largest absolute Gasteiger partial charge is 0.345 e. The van der Waals surface area contributed by atoms with Gasteiger partial charge in [-0.15, -0.1) is 0 Å². The number of carbonyl (C=O) groups is 1. The predicted molar refractivity (Wildman–Crippen MR) is 100 cm³/mol. The molecule has 0 saturated heterocycles. The van der Waals surface area contributed by atoms with Gasteiger partial charge in [0.15, 0.2) is 0 Å². The minimum Gasteiger partial charge on any atom is -0.345 e. The summed E-state index contributed by atoms with van der Waals surface area (Å²) in [6.07, 6.45) is 3.22. The number of aromatic nitrogens is 4. The van der Waals surface area contributed by atoms with Gasteiger partial charge in [-0.2, -0.15) is 16.4 Å². The Morgan fingerprint density at radius 1 is 1.11 bits per heavy atom. The zero-order chi connectivity index (χ0) is 18.6. The molecule has 27 heavy (non-hydrogen) atoms. The summed E-state index contributed by atoms with van der Waals surface area (Å²) in [4.78, 5) is 21.1. The molecule has 0 aliphatic heterocycles. The second-order valence-corrected chi connectivity index (χ2v) is 6.50. The SMILES string of the molecule is O=C(NCc1nccnc1-c1ccsc1)c1cc(-c2ccc(F)cc2)n[nH]1. The minimum atomic E-state index is -0.322. The molecule has 4 rings (SSSR count). The number of hydrogen-bond acceptors (Lipinski definition) is 5. The first-order valence-electron chi connectivity index (χ1n) is 8.13. The third kappa shape index (κ3) is 3.75. The molecule has 3 aromatic heterocycles. The molecular formula is C19H14FN5OS. The highest BCUT2D eigenvalue weighted by atomic mass is 32.1. The molecule has 6 nitrogen and oxygen atoms in total. The van der Waals surface area contributed by atoms with E-state index in [1.54, 1.807) is 41.9 Å². The maximum Gasteiger partial charge on any atom is 0.269 e. The first-order valence-corrected chi connectivity index (χ1v) is 9.07. The first-order chi connectivity index (χ1) is 13.2. The van der Waals surface area contributed by atoms with E-state index in [9.17, 15) is 9.18 Å². The van der Waals surface area contributed by atoms with Crippen molar-refractivity contribution < 1.29 is 9.18 Å². The molecule has 0 bridgehead atoms. The number of nitrogens with zero attached hydrogens (tertiary/aromatic N) is 3. The summed E-state index contributed by atoms with van der Waals surface area (Å²) in [6.45, 7) is 0.239. The van der Waals surface area contributed by atoms with Crippen molar-refractivity contribution in [3.8, 4) is 22.5 Å². The van der Waals surface area contributed by atoms with Crippen molar-refractivity contribution in [2.75, 3.05) is 0 Å². The molecular weight excluding hydrogens is 365 g/mol. The van der Waals surface area contributed by atoms with E-state index < -0.39 is 0 Å². The van der Waals surface area contributed by atoms with Crippen molar-refractivity contribution in [3.05, 3.63) is 76.8 Å². The van der Waals surface area contributed by atoms with Crippen molar-refractivity contribution in [2.45, 2.75) is 6.54 Å². The summed E-state index contributed by atoms with van der Waals surface area (Å²) in [7, 11) is 0. The van der Waals surface area contributed by atoms with Crippen molar-refractivity contribution in [3.63, 3.8) is 0 Å². The van der Waals surface area contributed by atoms with Gasteiger partial charge in [-0.1, -0.05) is 0 Å². The second-order valence-electron chi connectivity index (χ2n) is 5.72. The van der Waals surface area contributed by atoms with Crippen LogP contribution in [0.5, 0.6) is 0 Å². The molecule has 0 fully saturated rings. The maximum atomic E-state index is 13.0. The summed E-state index contributed by atoms with van der Waals surface area (Å²) in [6, 6.07) is 9.51. The van der Waals surface area contributed by atoms with Crippen LogP contribution in [0, 0.1) is 5.82 Å². The molecule has 0 saturated carbocycles. The Balaban J connectivity index is 1.47. The number of hydrogen-bond donors (Lipinski definition) is 2. The fourth-order valence-corrected chi connectivity index (χ4v) is 3.24. The van der Waals surface area contributed by atoms with E-state index in [1.807, 2.05) is 16.8 Å². The lowest BCUT2D eigenvalue weighted by atomic mass is 10.1. The van der Waals surface area contributed by atoms with Crippen LogP contribution >= 0.6 is 11.3 Å². The molecule has 0 radical (unpaired) electrons. The predicted octanol–water partition coefficient (Wildman–Crippen LogP) is 3.66. The number of amides is 1. The molecule has 0 aliphatic carbocycles. The number of rotatable bonds is 5. The lowest BCUT2D eigenvalue weighted by Crippen LogP contribution is -2.24. The molecule has 0 spiro atoms. The number of aromatic amines is 1. The van der Waals surface area contributed by atoms with Gasteiger partial charge >= 0.3 is 0 Å². The summed E-state index contributed by atoms with van der Waals surface area (Å²) in [5.41, 5.74) is 4.00. The molecule has 8 heteroatoms. The van der Waals surface area contributed by atoms with Crippen LogP contribution in [0.2, 0.25) is 0 Å². The van der Waals surface area contributed by atoms with Gasteiger partial charge in [0.1, 0.15) is 11.5 Å². The highest BCUT2D eigenvalue weighted by Gasteiger charge is 2.13. The maximum absolute atomic E-state index is 13.0. The smallest absolute Gasteiger partial charge is 0.269 e. The fourth-order valence-electron chi connectivity index (χ4n) is 2.60. The van der Waals surface area contributed by atoms with E-state index in [2.05, 4.69) is 25.5 Å². The van der Waals surface area contributed by atoms with Crippen molar-refractivity contribution >= 4 is 17.2 Å². The molecule has 0 unspecified atom stereocenters. The number of carbonyl (C=O) groups excluding carboxylic acids is 1. The highest BCUT2D eigenvalue weighted by Crippen LogP contribution is 2.22. The monoisotopic (exact) mass is 379 g/mol. The summed E-state index contributed by atoms with van der Waals surface area (Å²) in [5.74, 6) is -0.629. The Morgan fingerprint density at radius 2 is 1.93 bits per heavy atom. The molecule has 2 N–H and O–H groups in total. The van der Waals surface area contributed by atoms with E-state index >= 15 is 0 Å². The number of thiophene rings is 1. The molecule has 0 atom stereocenters. The standard InChI is InChI=1S/C19H14FN5OS/c20-14-3-1-12(2-4-14)15-9-16(25-24-15)19(26)23-10-17-18(22-7-6-21-17)13-5-8-27-11-13/h1-9,11H,10H2,(H,23,26)(H,24,25). The van der Waals surface area contributed by atoms with E-state index in [-0.39, 0.29) is 18.3 Å². The van der Waals surface area contributed by atoms with Crippen molar-refractivity contribution in [2.24, 2.45) is 0 Å². The lowest BCUT2D eigenvalue weighted by molar-refractivity contribution is 0.0945. The number of H-pyrrole nitrogens is 1. The number of nitrogens with one attached hydrogen (secondary N) is 2. The Morgan fingerprint density at radius 3 is 2.70 bits per heavy atom. The fraction of sp³-hybridized carbons (Fsp3) is 0.0526. The number of halogens is 1. The minimum absolute atomic E-state index is 0.239. The summed E-state index contributed by atoms with van der Waals surface area (Å²) < 4.78 is 13.0. The van der Waals surface area contributed by atoms with Crippen LogP contribution < -0.4 is 5.32 Å². The average molecular weight is 379 g/mol. The van der Waals surface area contributed by atoms with Crippen LogP contribution in [0.3, 0.4) is 0 Å². The van der Waals surface area contributed by atoms with Gasteiger partial charge in [-0.3, -0.25) is 19.9 Å². The quantitative estimate of drug-likeness (QED) is 0.554. The van der Waals surface area contributed by atoms with E-state index in [0.717, 1.165) is 16.8 Å². The molecule has 4 aromatic rings. The van der Waals surface area contributed by atoms with Crippen LogP contribution in [0.4, 0.5) is 4.39 Å². The molecule has 1 aromatic carbocycles. The second kappa shape index (κ2) is 7.46. The zero-order valence-corrected chi connectivity index (χ0v) is 14.8. The Labute approximate surface area is 158 Å². The van der Waals surface area contributed by atoms with Crippen LogP contribution in [-0.4, -0.2) is 26.1 Å². The molecule has 3 heterocycles. The zero-order valence-electron chi connectivity index (χ0n) is 14.0. The van der Waals surface area contributed by atoms with Crippen LogP contribution in [0.25, 0.3) is 22.5 Å². The van der Waals surface area contributed by atoms with Gasteiger partial charge in [-0.25, -0.2) is 4.39 Å². The third-order valence-corrected chi connectivity index (χ3v) is 4.63. The van der Waals surface area contributed by atoms with Crippen LogP contribution in [-0.2, 0) is 6.54 Å². The van der Waals surface area contributed by atoms with Gasteiger partial charge < -0.3 is 5.32 Å². The van der Waals surface area contributed by atoms with E-state index in [4.69, 9.17) is 0 Å². The molecule has 134 valence electrons. The van der Waals surface area contributed by atoms with Crippen LogP contribution in [0.1, 0.15) is 16.2 Å². The van der Waals surface area contributed by atoms with Gasteiger partial charge in [0.05, 0.1) is 23.6 Å². The van der Waals surface area contributed by atoms with Crippen molar-refractivity contribution in [1.82, 2.24) is 25.5 Å². The molecule has 1 amide bonds. The van der Waals surface area contributed by atoms with Gasteiger partial charge in [0, 0.05) is 28.9 Å². The first kappa shape index (κ1) is 17.0. The highest BCUT2D eigenvalue weighted by molar-refractivity contribution is 7.08. The van der Waals surface area contributed by atoms with Crippen LogP contribution in [0.15, 0.2) is 59.6 Å². The van der Waals surface area contributed by atoms with Gasteiger partial charge in [0.2, 0.25) is 0 Å². The summed E-state index contributed by atoms with van der Waals surface area (Å²) in [5, 5.41) is 13.6. The van der Waals surface area contributed by atoms with Gasteiger partial charge in [-0.05, 0) is 41.8 Å². The average Bonchev–Trinajstić information content (AvgIpc) is 3.39. The topological polar surface area (TPSA) is 83.6 Å². The van der Waals surface area contributed by atoms with E-state index in [1.165, 1.54) is 12.1 Å². The molecule has 0 aliphatic rings. The third-order valence-electron chi connectivity index (χ3n) is 3.95. The number of benzene rings is 1.